The van der Waals surface area contributed by atoms with E-state index in [9.17, 15) is 9.59 Å². The van der Waals surface area contributed by atoms with Crippen LogP contribution >= 0.6 is 0 Å². The van der Waals surface area contributed by atoms with E-state index in [0.717, 1.165) is 60.5 Å². The molecule has 0 radical (unpaired) electrons. The van der Waals surface area contributed by atoms with Crippen molar-refractivity contribution in [3.05, 3.63) is 54.5 Å². The quantitative estimate of drug-likeness (QED) is 0.584. The molecule has 3 aromatic rings. The Kier molecular flexibility index (Phi) is 6.36. The smallest absolute Gasteiger partial charge is 0.410 e. The number of ether oxygens (including phenoxy) is 2. The van der Waals surface area contributed by atoms with Crippen molar-refractivity contribution in [3.63, 3.8) is 0 Å². The summed E-state index contributed by atoms with van der Waals surface area (Å²) < 4.78 is 13.5. The van der Waals surface area contributed by atoms with Crippen molar-refractivity contribution in [3.8, 4) is 17.0 Å². The van der Waals surface area contributed by atoms with Crippen molar-refractivity contribution in [2.24, 2.45) is 5.73 Å². The number of pyridine rings is 1. The van der Waals surface area contributed by atoms with Gasteiger partial charge in [-0.15, -0.1) is 0 Å². The first-order valence-corrected chi connectivity index (χ1v) is 12.4. The van der Waals surface area contributed by atoms with E-state index in [-0.39, 0.29) is 5.92 Å². The largest absolute Gasteiger partial charge is 0.496 e. The lowest BCUT2D eigenvalue weighted by Gasteiger charge is -2.37. The number of carbonyl (C=O) groups is 2. The Morgan fingerprint density at radius 1 is 1.03 bits per heavy atom. The number of methoxy groups -OCH3 is 1. The molecule has 1 aliphatic heterocycles. The van der Waals surface area contributed by atoms with Crippen molar-refractivity contribution in [2.45, 2.75) is 56.5 Å². The van der Waals surface area contributed by atoms with Gasteiger partial charge in [0.05, 0.1) is 12.6 Å². The monoisotopic (exact) mass is 476 g/mol. The fourth-order valence-corrected chi connectivity index (χ4v) is 5.46. The number of imidazole rings is 1. The molecule has 2 N–H and O–H groups in total. The van der Waals surface area contributed by atoms with Crippen LogP contribution in [0.2, 0.25) is 0 Å². The molecule has 35 heavy (non-hydrogen) atoms. The molecule has 184 valence electrons. The number of fused-ring (bicyclic) bond motifs is 1. The van der Waals surface area contributed by atoms with Gasteiger partial charge in [-0.2, -0.15) is 0 Å². The minimum Gasteiger partial charge on any atom is -0.496 e. The van der Waals surface area contributed by atoms with Crippen molar-refractivity contribution in [1.29, 1.82) is 0 Å². The Morgan fingerprint density at radius 3 is 2.46 bits per heavy atom. The van der Waals surface area contributed by atoms with Gasteiger partial charge in [-0.3, -0.25) is 4.79 Å². The number of amides is 2. The molecule has 5 rings (SSSR count). The molecule has 1 aliphatic carbocycles. The fraction of sp³-hybridized carbons (Fsp3) is 0.444. The number of benzene rings is 1. The number of rotatable bonds is 5. The third-order valence-electron chi connectivity index (χ3n) is 7.45. The maximum absolute atomic E-state index is 13.0. The summed E-state index contributed by atoms with van der Waals surface area (Å²) in [6.07, 6.45) is 6.87. The van der Waals surface area contributed by atoms with Crippen LogP contribution in [0.4, 0.5) is 4.79 Å². The summed E-state index contributed by atoms with van der Waals surface area (Å²) in [5.74, 6) is 1.42. The van der Waals surface area contributed by atoms with Gasteiger partial charge < -0.3 is 24.5 Å². The number of nitrogens with zero attached hydrogens (tertiary/aromatic N) is 3. The number of primary amides is 1. The van der Waals surface area contributed by atoms with Crippen LogP contribution in [0.3, 0.4) is 0 Å². The molecule has 2 amide bonds. The fourth-order valence-electron chi connectivity index (χ4n) is 5.46. The Bertz CT molecular complexity index is 1220. The summed E-state index contributed by atoms with van der Waals surface area (Å²) in [7, 11) is 1.67. The SMILES string of the molecule is COc1ccccc1-c1nc(C2CCN(C(=O)OC3(C(N)=O)CCCCC3)CC2)n2ccccc12. The van der Waals surface area contributed by atoms with E-state index in [1.54, 1.807) is 12.0 Å². The maximum Gasteiger partial charge on any atom is 0.410 e. The van der Waals surface area contributed by atoms with Gasteiger partial charge in [-0.25, -0.2) is 9.78 Å². The highest BCUT2D eigenvalue weighted by Gasteiger charge is 2.43. The van der Waals surface area contributed by atoms with Gasteiger partial charge in [0.2, 0.25) is 0 Å². The van der Waals surface area contributed by atoms with Crippen molar-refractivity contribution in [2.75, 3.05) is 20.2 Å². The van der Waals surface area contributed by atoms with Crippen LogP contribution in [-0.4, -0.2) is 52.1 Å². The molecule has 3 heterocycles. The highest BCUT2D eigenvalue weighted by molar-refractivity contribution is 5.86. The number of carbonyl (C=O) groups excluding carboxylic acids is 2. The molecule has 0 atom stereocenters. The minimum atomic E-state index is -1.16. The Hall–Kier alpha value is -3.55. The average molecular weight is 477 g/mol. The van der Waals surface area contributed by atoms with Crippen molar-refractivity contribution >= 4 is 17.5 Å². The van der Waals surface area contributed by atoms with Crippen LogP contribution in [0.1, 0.15) is 56.7 Å². The van der Waals surface area contributed by atoms with Gasteiger partial charge in [0.1, 0.15) is 17.3 Å². The molecule has 8 heteroatoms. The van der Waals surface area contributed by atoms with Gasteiger partial charge in [0, 0.05) is 30.8 Å². The number of piperidine rings is 1. The number of hydrogen-bond donors (Lipinski definition) is 1. The van der Waals surface area contributed by atoms with E-state index in [2.05, 4.69) is 10.5 Å². The Labute approximate surface area is 205 Å². The molecule has 2 aliphatic rings. The second kappa shape index (κ2) is 9.60. The maximum atomic E-state index is 13.0. The summed E-state index contributed by atoms with van der Waals surface area (Å²) in [6.45, 7) is 1.09. The summed E-state index contributed by atoms with van der Waals surface area (Å²) in [5.41, 5.74) is 7.36. The molecule has 0 spiro atoms. The minimum absolute atomic E-state index is 0.192. The zero-order valence-corrected chi connectivity index (χ0v) is 20.1. The first-order valence-electron chi connectivity index (χ1n) is 12.4. The number of hydrogen-bond acceptors (Lipinski definition) is 5. The number of aromatic nitrogens is 2. The molecular weight excluding hydrogens is 444 g/mol. The normalized spacial score (nSPS) is 18.4. The number of nitrogens with two attached hydrogens (primary N) is 1. The molecule has 2 aromatic heterocycles. The highest BCUT2D eigenvalue weighted by atomic mass is 16.6. The Morgan fingerprint density at radius 2 is 1.74 bits per heavy atom. The first kappa shape index (κ1) is 23.2. The lowest BCUT2D eigenvalue weighted by Crippen LogP contribution is -2.52. The van der Waals surface area contributed by atoms with Gasteiger partial charge in [-0.1, -0.05) is 24.6 Å². The highest BCUT2D eigenvalue weighted by Crippen LogP contribution is 2.37. The topological polar surface area (TPSA) is 99.2 Å². The predicted molar refractivity (Wildman–Crippen MR) is 132 cm³/mol. The lowest BCUT2D eigenvalue weighted by molar-refractivity contribution is -0.141. The number of likely N-dealkylation sites (tertiary alicyclic amines) is 1. The molecule has 0 bridgehead atoms. The third-order valence-corrected chi connectivity index (χ3v) is 7.45. The van der Waals surface area contributed by atoms with Crippen molar-refractivity contribution < 1.29 is 19.1 Å². The molecule has 0 unspecified atom stereocenters. The van der Waals surface area contributed by atoms with E-state index < -0.39 is 17.6 Å². The van der Waals surface area contributed by atoms with E-state index in [1.165, 1.54) is 0 Å². The second-order valence-corrected chi connectivity index (χ2v) is 9.52. The summed E-state index contributed by atoms with van der Waals surface area (Å²) >= 11 is 0. The Balaban J connectivity index is 1.34. The zero-order valence-electron chi connectivity index (χ0n) is 20.1. The standard InChI is InChI=1S/C27H32N4O4/c1-34-22-11-4-3-9-20(22)23-21-10-5-8-16-31(21)24(29-23)19-12-17-30(18-13-19)26(33)35-27(25(28)32)14-6-2-7-15-27/h3-5,8-11,16,19H,2,6-7,12-15,17-18H2,1H3,(H2,28,32). The zero-order chi connectivity index (χ0) is 24.4. The molecule has 1 aromatic carbocycles. The summed E-state index contributed by atoms with van der Waals surface area (Å²) in [4.78, 5) is 31.9. The van der Waals surface area contributed by atoms with Gasteiger partial charge in [0.15, 0.2) is 5.60 Å². The predicted octanol–water partition coefficient (Wildman–Crippen LogP) is 4.51. The van der Waals surface area contributed by atoms with Crippen LogP contribution in [0.5, 0.6) is 5.75 Å². The number of para-hydroxylation sites is 1. The van der Waals surface area contributed by atoms with Crippen LogP contribution in [-0.2, 0) is 9.53 Å². The van der Waals surface area contributed by atoms with E-state index >= 15 is 0 Å². The van der Waals surface area contributed by atoms with Crippen molar-refractivity contribution in [1.82, 2.24) is 14.3 Å². The van der Waals surface area contributed by atoms with Crippen LogP contribution in [0.25, 0.3) is 16.8 Å². The second-order valence-electron chi connectivity index (χ2n) is 9.52. The average Bonchev–Trinajstić information content (AvgIpc) is 3.29. The van der Waals surface area contributed by atoms with Gasteiger partial charge in [0.25, 0.3) is 5.91 Å². The summed E-state index contributed by atoms with van der Waals surface area (Å²) in [5, 5.41) is 0. The van der Waals surface area contributed by atoms with E-state index in [4.69, 9.17) is 20.2 Å². The van der Waals surface area contributed by atoms with E-state index in [0.29, 0.717) is 25.9 Å². The van der Waals surface area contributed by atoms with Gasteiger partial charge >= 0.3 is 6.09 Å². The van der Waals surface area contributed by atoms with Crippen LogP contribution in [0.15, 0.2) is 48.7 Å². The van der Waals surface area contributed by atoms with E-state index in [1.807, 2.05) is 42.6 Å². The van der Waals surface area contributed by atoms with Crippen LogP contribution < -0.4 is 10.5 Å². The first-order chi connectivity index (χ1) is 17.0. The molecule has 1 saturated heterocycles. The molecule has 1 saturated carbocycles. The molecule has 2 fully saturated rings. The van der Waals surface area contributed by atoms with Gasteiger partial charge in [-0.05, 0) is 62.8 Å². The molecular formula is C27H32N4O4. The molecule has 8 nitrogen and oxygen atoms in total. The third kappa shape index (κ3) is 4.33. The van der Waals surface area contributed by atoms with Crippen LogP contribution in [0, 0.1) is 0 Å². The summed E-state index contributed by atoms with van der Waals surface area (Å²) in [6, 6.07) is 14.0. The lowest BCUT2D eigenvalue weighted by atomic mass is 9.84.